The molecular formula is C27H40O5. The summed E-state index contributed by atoms with van der Waals surface area (Å²) in [6, 6.07) is 0. The molecule has 0 unspecified atom stereocenters. The van der Waals surface area contributed by atoms with Gasteiger partial charge in [-0.25, -0.2) is 0 Å². The molecule has 0 aromatic carbocycles. The third-order valence-electron chi connectivity index (χ3n) is 11.2. The SMILES string of the molecule is C[C@H]1[C@@H]2[C@@H](C[C@@H]3[C@@H]4CC=C5C[C@@H](O)CC[C@]5(C)[C@H]4C(=O)C[C@]23C)O[C@]12CC[C@@](C)(CO)O2. The van der Waals surface area contributed by atoms with Gasteiger partial charge in [-0.2, -0.15) is 0 Å². The number of Topliss-reactive ketones (excluding diaryl/α,β-unsaturated/α-hetero) is 1. The number of aliphatic hydroxyl groups is 2. The predicted octanol–water partition coefficient (Wildman–Crippen LogP) is 4.01. The first-order valence-corrected chi connectivity index (χ1v) is 12.9. The first kappa shape index (κ1) is 21.8. The van der Waals surface area contributed by atoms with Gasteiger partial charge >= 0.3 is 0 Å². The zero-order valence-corrected chi connectivity index (χ0v) is 20.1. The lowest BCUT2D eigenvalue weighted by Gasteiger charge is -2.57. The molecule has 6 aliphatic rings. The van der Waals surface area contributed by atoms with Gasteiger partial charge in [0.05, 0.1) is 24.4 Å². The molecule has 5 fully saturated rings. The summed E-state index contributed by atoms with van der Waals surface area (Å²) < 4.78 is 13.2. The van der Waals surface area contributed by atoms with Crippen LogP contribution >= 0.6 is 0 Å². The molecule has 4 aliphatic carbocycles. The molecule has 0 bridgehead atoms. The van der Waals surface area contributed by atoms with Crippen molar-refractivity contribution in [2.24, 2.45) is 40.4 Å². The number of ketones is 1. The Morgan fingerprint density at radius 1 is 1.19 bits per heavy atom. The van der Waals surface area contributed by atoms with Crippen molar-refractivity contribution in [1.29, 1.82) is 0 Å². The fourth-order valence-electron chi connectivity index (χ4n) is 9.63. The van der Waals surface area contributed by atoms with E-state index in [4.69, 9.17) is 9.47 Å². The quantitative estimate of drug-likeness (QED) is 0.598. The molecule has 5 nitrogen and oxygen atoms in total. The van der Waals surface area contributed by atoms with E-state index in [9.17, 15) is 15.0 Å². The van der Waals surface area contributed by atoms with Crippen molar-refractivity contribution < 1.29 is 24.5 Å². The first-order chi connectivity index (χ1) is 15.1. The van der Waals surface area contributed by atoms with Gasteiger partial charge in [-0.3, -0.25) is 4.79 Å². The van der Waals surface area contributed by atoms with E-state index in [1.807, 2.05) is 6.92 Å². The van der Waals surface area contributed by atoms with Crippen molar-refractivity contribution in [2.75, 3.05) is 6.61 Å². The molecule has 2 saturated heterocycles. The van der Waals surface area contributed by atoms with Crippen molar-refractivity contribution in [3.8, 4) is 0 Å². The fourth-order valence-corrected chi connectivity index (χ4v) is 9.63. The minimum atomic E-state index is -0.605. The van der Waals surface area contributed by atoms with E-state index in [1.165, 1.54) is 5.57 Å². The average molecular weight is 445 g/mol. The van der Waals surface area contributed by atoms with E-state index in [1.54, 1.807) is 0 Å². The number of carbonyl (C=O) groups is 1. The van der Waals surface area contributed by atoms with E-state index in [-0.39, 0.29) is 41.5 Å². The summed E-state index contributed by atoms with van der Waals surface area (Å²) in [7, 11) is 0. The van der Waals surface area contributed by atoms with E-state index >= 15 is 0 Å². The molecular weight excluding hydrogens is 404 g/mol. The molecule has 2 N–H and O–H groups in total. The molecule has 32 heavy (non-hydrogen) atoms. The van der Waals surface area contributed by atoms with Crippen LogP contribution in [0.25, 0.3) is 0 Å². The lowest BCUT2D eigenvalue weighted by Crippen LogP contribution is -2.55. The molecule has 0 aromatic rings. The normalized spacial score (nSPS) is 58.9. The van der Waals surface area contributed by atoms with Crippen LogP contribution in [0.1, 0.15) is 79.1 Å². The summed E-state index contributed by atoms with van der Waals surface area (Å²) in [4.78, 5) is 13.9. The zero-order valence-electron chi connectivity index (χ0n) is 20.1. The average Bonchev–Trinajstić information content (AvgIpc) is 3.32. The second-order valence-corrected chi connectivity index (χ2v) is 12.9. The molecule has 6 rings (SSSR count). The minimum absolute atomic E-state index is 0.0181. The fraction of sp³-hybridized carbons (Fsp3) is 0.889. The standard InChI is InChI=1S/C27H40O5/c1-15-22-21(31-27(15)10-9-24(2,14-28)32-27)12-19-18-6-5-16-11-17(29)7-8-25(16,3)23(18)20(30)13-26(19,22)4/h5,15,17-19,21-23,28-29H,6-14H2,1-4H3/t15-,17-,18-,19+,21+,22+,23+,24-,25-,26-,27-/m0/s1. The van der Waals surface area contributed by atoms with Gasteiger partial charge in [-0.05, 0) is 74.0 Å². The second-order valence-electron chi connectivity index (χ2n) is 12.9. The van der Waals surface area contributed by atoms with Gasteiger partial charge in [0.2, 0.25) is 0 Å². The number of allylic oxidation sites excluding steroid dienone is 1. The van der Waals surface area contributed by atoms with Crippen molar-refractivity contribution in [3.63, 3.8) is 0 Å². The summed E-state index contributed by atoms with van der Waals surface area (Å²) in [5, 5.41) is 20.1. The third kappa shape index (κ3) is 2.63. The van der Waals surface area contributed by atoms with Crippen LogP contribution in [0.3, 0.4) is 0 Å². The summed E-state index contributed by atoms with van der Waals surface area (Å²) >= 11 is 0. The van der Waals surface area contributed by atoms with Crippen LogP contribution in [0.2, 0.25) is 0 Å². The number of rotatable bonds is 1. The number of ether oxygens (including phenoxy) is 2. The molecule has 3 saturated carbocycles. The largest absolute Gasteiger partial charge is 0.393 e. The number of carbonyl (C=O) groups excluding carboxylic acids is 1. The van der Waals surface area contributed by atoms with Crippen molar-refractivity contribution in [3.05, 3.63) is 11.6 Å². The Bertz CT molecular complexity index is 868. The van der Waals surface area contributed by atoms with E-state index in [0.717, 1.165) is 44.9 Å². The molecule has 11 atom stereocenters. The van der Waals surface area contributed by atoms with Crippen LogP contribution in [0, 0.1) is 40.4 Å². The predicted molar refractivity (Wildman–Crippen MR) is 120 cm³/mol. The summed E-state index contributed by atoms with van der Waals surface area (Å²) in [6.45, 7) is 8.93. The Labute approximate surface area is 191 Å². The highest BCUT2D eigenvalue weighted by Gasteiger charge is 2.71. The summed E-state index contributed by atoms with van der Waals surface area (Å²) in [6.07, 6.45) is 9.01. The Morgan fingerprint density at radius 2 is 1.97 bits per heavy atom. The van der Waals surface area contributed by atoms with Crippen molar-refractivity contribution >= 4 is 5.78 Å². The smallest absolute Gasteiger partial charge is 0.172 e. The maximum atomic E-state index is 13.9. The lowest BCUT2D eigenvalue weighted by molar-refractivity contribution is -0.262. The highest BCUT2D eigenvalue weighted by Crippen LogP contribution is 2.70. The van der Waals surface area contributed by atoms with Gasteiger partial charge in [0.15, 0.2) is 5.79 Å². The van der Waals surface area contributed by atoms with E-state index in [2.05, 4.69) is 26.8 Å². The van der Waals surface area contributed by atoms with Gasteiger partial charge in [0, 0.05) is 24.7 Å². The third-order valence-corrected chi connectivity index (χ3v) is 11.2. The highest BCUT2D eigenvalue weighted by molar-refractivity contribution is 5.85. The van der Waals surface area contributed by atoms with Gasteiger partial charge in [0.1, 0.15) is 5.78 Å². The number of aliphatic hydroxyl groups excluding tert-OH is 2. The van der Waals surface area contributed by atoms with Crippen molar-refractivity contribution in [2.45, 2.75) is 103 Å². The van der Waals surface area contributed by atoms with Gasteiger partial charge in [-0.15, -0.1) is 0 Å². The molecule has 1 spiro atoms. The Hall–Kier alpha value is -0.750. The zero-order chi connectivity index (χ0) is 22.7. The molecule has 5 heteroatoms. The lowest BCUT2D eigenvalue weighted by atomic mass is 9.46. The second kappa shape index (κ2) is 6.68. The van der Waals surface area contributed by atoms with Crippen LogP contribution in [0.5, 0.6) is 0 Å². The van der Waals surface area contributed by atoms with E-state index < -0.39 is 11.4 Å². The van der Waals surface area contributed by atoms with Crippen LogP contribution < -0.4 is 0 Å². The summed E-state index contributed by atoms with van der Waals surface area (Å²) in [5.41, 5.74) is 0.678. The Morgan fingerprint density at radius 3 is 2.69 bits per heavy atom. The molecule has 2 aliphatic heterocycles. The first-order valence-electron chi connectivity index (χ1n) is 12.9. The van der Waals surface area contributed by atoms with Crippen LogP contribution in [-0.4, -0.2) is 46.2 Å². The minimum Gasteiger partial charge on any atom is -0.393 e. The maximum Gasteiger partial charge on any atom is 0.172 e. The monoisotopic (exact) mass is 444 g/mol. The molecule has 178 valence electrons. The number of fused-ring (bicyclic) bond motifs is 7. The number of hydrogen-bond donors (Lipinski definition) is 2. The molecule has 0 radical (unpaired) electrons. The van der Waals surface area contributed by atoms with Crippen LogP contribution in [0.4, 0.5) is 0 Å². The highest BCUT2D eigenvalue weighted by atomic mass is 16.7. The number of hydrogen-bond acceptors (Lipinski definition) is 5. The maximum absolute atomic E-state index is 13.9. The van der Waals surface area contributed by atoms with E-state index in [0.29, 0.717) is 30.0 Å². The van der Waals surface area contributed by atoms with Gasteiger partial charge in [-0.1, -0.05) is 32.4 Å². The summed E-state index contributed by atoms with van der Waals surface area (Å²) in [5.74, 6) is 1.35. The van der Waals surface area contributed by atoms with Crippen LogP contribution in [-0.2, 0) is 14.3 Å². The molecule has 0 aromatic heterocycles. The molecule has 2 heterocycles. The van der Waals surface area contributed by atoms with Crippen LogP contribution in [0.15, 0.2) is 11.6 Å². The van der Waals surface area contributed by atoms with Gasteiger partial charge < -0.3 is 19.7 Å². The Kier molecular flexibility index (Phi) is 4.54. The van der Waals surface area contributed by atoms with Crippen molar-refractivity contribution in [1.82, 2.24) is 0 Å². The topological polar surface area (TPSA) is 76.0 Å². The Balaban J connectivity index is 1.32. The van der Waals surface area contributed by atoms with Gasteiger partial charge in [0.25, 0.3) is 0 Å². The molecule has 0 amide bonds.